The van der Waals surface area contributed by atoms with E-state index in [1.807, 2.05) is 13.8 Å². The summed E-state index contributed by atoms with van der Waals surface area (Å²) in [7, 11) is 2.50. The lowest BCUT2D eigenvalue weighted by Gasteiger charge is -2.20. The zero-order chi connectivity index (χ0) is 13.7. The predicted octanol–water partition coefficient (Wildman–Crippen LogP) is 2.04. The van der Waals surface area contributed by atoms with Crippen molar-refractivity contribution in [1.82, 2.24) is 0 Å². The van der Waals surface area contributed by atoms with E-state index in [2.05, 4.69) is 9.47 Å². The number of aryl methyl sites for hydroxylation is 1. The van der Waals surface area contributed by atoms with Crippen LogP contribution in [0, 0.1) is 12.8 Å². The lowest BCUT2D eigenvalue weighted by Crippen LogP contribution is -2.32. The first kappa shape index (κ1) is 14.3. The van der Waals surface area contributed by atoms with Gasteiger partial charge in [0.1, 0.15) is 11.5 Å². The first-order valence-electron chi connectivity index (χ1n) is 5.77. The first-order chi connectivity index (χ1) is 8.54. The van der Waals surface area contributed by atoms with Gasteiger partial charge in [0.2, 0.25) is 0 Å². The first-order valence-corrected chi connectivity index (χ1v) is 5.77. The third kappa shape index (κ3) is 2.91. The highest BCUT2D eigenvalue weighted by Crippen LogP contribution is 2.31. The maximum Gasteiger partial charge on any atom is 0.320 e. The molecule has 1 heterocycles. The highest BCUT2D eigenvalue weighted by atomic mass is 16.5. The van der Waals surface area contributed by atoms with Crippen LogP contribution in [0.15, 0.2) is 16.5 Å². The second-order valence-electron chi connectivity index (χ2n) is 3.99. The Morgan fingerprint density at radius 1 is 1.22 bits per heavy atom. The standard InChI is InChI=1S/C13H18O5/c1-5-9(10-7-6-8(2)18-10)11(12(14)16-3)13(15)17-4/h6-7,9,11H,5H2,1-4H3. The second-order valence-corrected chi connectivity index (χ2v) is 3.99. The number of carbonyl (C=O) groups is 2. The molecule has 18 heavy (non-hydrogen) atoms. The molecule has 0 aliphatic heterocycles. The smallest absolute Gasteiger partial charge is 0.320 e. The minimum atomic E-state index is -0.990. The molecule has 1 atom stereocenters. The van der Waals surface area contributed by atoms with Gasteiger partial charge < -0.3 is 13.9 Å². The van der Waals surface area contributed by atoms with E-state index in [0.29, 0.717) is 12.2 Å². The van der Waals surface area contributed by atoms with E-state index >= 15 is 0 Å². The van der Waals surface area contributed by atoms with Crippen molar-refractivity contribution >= 4 is 11.9 Å². The predicted molar refractivity (Wildman–Crippen MR) is 64.0 cm³/mol. The van der Waals surface area contributed by atoms with Crippen LogP contribution in [0.3, 0.4) is 0 Å². The quantitative estimate of drug-likeness (QED) is 0.594. The van der Waals surface area contributed by atoms with Crippen LogP contribution in [0.5, 0.6) is 0 Å². The summed E-state index contributed by atoms with van der Waals surface area (Å²) < 4.78 is 14.8. The summed E-state index contributed by atoms with van der Waals surface area (Å²) >= 11 is 0. The van der Waals surface area contributed by atoms with Gasteiger partial charge in [-0.1, -0.05) is 6.92 Å². The number of carbonyl (C=O) groups excluding carboxylic acids is 2. The summed E-state index contributed by atoms with van der Waals surface area (Å²) in [5.41, 5.74) is 0. The van der Waals surface area contributed by atoms with Crippen molar-refractivity contribution in [3.63, 3.8) is 0 Å². The van der Waals surface area contributed by atoms with E-state index in [4.69, 9.17) is 4.42 Å². The van der Waals surface area contributed by atoms with Gasteiger partial charge in [0, 0.05) is 5.92 Å². The topological polar surface area (TPSA) is 65.7 Å². The third-order valence-corrected chi connectivity index (χ3v) is 2.88. The fourth-order valence-corrected chi connectivity index (χ4v) is 1.93. The van der Waals surface area contributed by atoms with Crippen molar-refractivity contribution in [2.24, 2.45) is 5.92 Å². The number of methoxy groups -OCH3 is 2. The molecular formula is C13H18O5. The highest BCUT2D eigenvalue weighted by molar-refractivity contribution is 5.95. The van der Waals surface area contributed by atoms with Gasteiger partial charge in [0.25, 0.3) is 0 Å². The summed E-state index contributed by atoms with van der Waals surface area (Å²) in [4.78, 5) is 23.5. The van der Waals surface area contributed by atoms with Crippen LogP contribution in [0.2, 0.25) is 0 Å². The minimum absolute atomic E-state index is 0.376. The van der Waals surface area contributed by atoms with Gasteiger partial charge in [-0.3, -0.25) is 9.59 Å². The molecule has 1 unspecified atom stereocenters. The Kier molecular flexibility index (Phi) is 4.95. The molecule has 0 amide bonds. The second kappa shape index (κ2) is 6.23. The SMILES string of the molecule is CCC(c1ccc(C)o1)C(C(=O)OC)C(=O)OC. The zero-order valence-corrected chi connectivity index (χ0v) is 11.1. The Bertz CT molecular complexity index is 405. The van der Waals surface area contributed by atoms with E-state index in [1.165, 1.54) is 14.2 Å². The monoisotopic (exact) mass is 254 g/mol. The van der Waals surface area contributed by atoms with Crippen molar-refractivity contribution in [1.29, 1.82) is 0 Å². The minimum Gasteiger partial charge on any atom is -0.468 e. The van der Waals surface area contributed by atoms with E-state index < -0.39 is 17.9 Å². The van der Waals surface area contributed by atoms with Gasteiger partial charge >= 0.3 is 11.9 Å². The van der Waals surface area contributed by atoms with E-state index in [0.717, 1.165) is 5.76 Å². The summed E-state index contributed by atoms with van der Waals surface area (Å²) in [5.74, 6) is -1.26. The van der Waals surface area contributed by atoms with E-state index in [9.17, 15) is 9.59 Å². The van der Waals surface area contributed by atoms with Gasteiger partial charge in [-0.15, -0.1) is 0 Å². The number of rotatable bonds is 5. The lowest BCUT2D eigenvalue weighted by molar-refractivity contribution is -0.160. The van der Waals surface area contributed by atoms with Gasteiger partial charge in [0.15, 0.2) is 5.92 Å². The zero-order valence-electron chi connectivity index (χ0n) is 11.1. The Labute approximate surface area is 106 Å². The molecule has 0 bridgehead atoms. The number of hydrogen-bond acceptors (Lipinski definition) is 5. The Morgan fingerprint density at radius 2 is 1.78 bits per heavy atom. The van der Waals surface area contributed by atoms with Crippen molar-refractivity contribution in [2.75, 3.05) is 14.2 Å². The fourth-order valence-electron chi connectivity index (χ4n) is 1.93. The molecule has 0 aliphatic rings. The number of furan rings is 1. The number of hydrogen-bond donors (Lipinski definition) is 0. The molecule has 0 spiro atoms. The van der Waals surface area contributed by atoms with Crippen molar-refractivity contribution in [3.05, 3.63) is 23.7 Å². The van der Waals surface area contributed by atoms with Crippen LogP contribution in [-0.4, -0.2) is 26.2 Å². The number of ether oxygens (including phenoxy) is 2. The maximum absolute atomic E-state index is 11.7. The van der Waals surface area contributed by atoms with Gasteiger partial charge in [-0.05, 0) is 25.5 Å². The average Bonchev–Trinajstić information content (AvgIpc) is 2.80. The Balaban J connectivity index is 3.08. The van der Waals surface area contributed by atoms with Crippen LogP contribution in [0.4, 0.5) is 0 Å². The van der Waals surface area contributed by atoms with Crippen molar-refractivity contribution in [2.45, 2.75) is 26.2 Å². The molecule has 100 valence electrons. The Morgan fingerprint density at radius 3 is 2.11 bits per heavy atom. The molecule has 0 aromatic carbocycles. The summed E-state index contributed by atoms with van der Waals surface area (Å²) in [6.45, 7) is 3.68. The summed E-state index contributed by atoms with van der Waals surface area (Å²) in [6.07, 6.45) is 0.571. The molecule has 5 nitrogen and oxygen atoms in total. The van der Waals surface area contributed by atoms with Crippen LogP contribution in [0.25, 0.3) is 0 Å². The fraction of sp³-hybridized carbons (Fsp3) is 0.538. The molecule has 5 heteroatoms. The normalized spacial score (nSPS) is 12.3. The lowest BCUT2D eigenvalue weighted by atomic mass is 9.88. The van der Waals surface area contributed by atoms with Crippen LogP contribution in [-0.2, 0) is 19.1 Å². The van der Waals surface area contributed by atoms with Gasteiger partial charge in [0.05, 0.1) is 14.2 Å². The molecule has 0 saturated heterocycles. The van der Waals surface area contributed by atoms with Crippen LogP contribution < -0.4 is 0 Å². The summed E-state index contributed by atoms with van der Waals surface area (Å²) in [5, 5.41) is 0. The Hall–Kier alpha value is -1.78. The van der Waals surface area contributed by atoms with Crippen LogP contribution in [0.1, 0.15) is 30.8 Å². The molecule has 0 aliphatic carbocycles. The molecular weight excluding hydrogens is 236 g/mol. The molecule has 1 rings (SSSR count). The number of esters is 2. The molecule has 0 fully saturated rings. The highest BCUT2D eigenvalue weighted by Gasteiger charge is 2.38. The third-order valence-electron chi connectivity index (χ3n) is 2.88. The molecule has 0 radical (unpaired) electrons. The van der Waals surface area contributed by atoms with Crippen molar-refractivity contribution < 1.29 is 23.5 Å². The summed E-state index contributed by atoms with van der Waals surface area (Å²) in [6, 6.07) is 3.56. The molecule has 1 aromatic heterocycles. The van der Waals surface area contributed by atoms with Crippen molar-refractivity contribution in [3.8, 4) is 0 Å². The maximum atomic E-state index is 11.7. The average molecular weight is 254 g/mol. The van der Waals surface area contributed by atoms with Gasteiger partial charge in [-0.25, -0.2) is 0 Å². The molecule has 0 N–H and O–H groups in total. The van der Waals surface area contributed by atoms with E-state index in [-0.39, 0.29) is 5.92 Å². The largest absolute Gasteiger partial charge is 0.468 e. The molecule has 0 saturated carbocycles. The van der Waals surface area contributed by atoms with E-state index in [1.54, 1.807) is 12.1 Å². The van der Waals surface area contributed by atoms with Crippen LogP contribution >= 0.6 is 0 Å². The molecule has 1 aromatic rings. The van der Waals surface area contributed by atoms with Gasteiger partial charge in [-0.2, -0.15) is 0 Å².